The summed E-state index contributed by atoms with van der Waals surface area (Å²) in [6.07, 6.45) is 1.75. The minimum absolute atomic E-state index is 0.0236. The minimum Gasteiger partial charge on any atom is -0.375 e. The first kappa shape index (κ1) is 12.3. The van der Waals surface area contributed by atoms with Crippen molar-refractivity contribution in [3.63, 3.8) is 0 Å². The van der Waals surface area contributed by atoms with Crippen molar-refractivity contribution in [2.75, 3.05) is 30.1 Å². The topological polar surface area (TPSA) is 69.4 Å². The van der Waals surface area contributed by atoms with Crippen molar-refractivity contribution >= 4 is 21.6 Å². The fourth-order valence-electron chi connectivity index (χ4n) is 1.29. The largest absolute Gasteiger partial charge is 0.375 e. The van der Waals surface area contributed by atoms with Gasteiger partial charge in [0.05, 0.1) is 18.5 Å². The van der Waals surface area contributed by atoms with Crippen LogP contribution in [0.1, 0.15) is 6.42 Å². The van der Waals surface area contributed by atoms with Crippen molar-refractivity contribution in [3.05, 3.63) is 0 Å². The van der Waals surface area contributed by atoms with Crippen LogP contribution in [0, 0.1) is 0 Å². The summed E-state index contributed by atoms with van der Waals surface area (Å²) in [5, 5.41) is 0. The summed E-state index contributed by atoms with van der Waals surface area (Å²) >= 11 is 1.81. The van der Waals surface area contributed by atoms with Gasteiger partial charge in [0.1, 0.15) is 9.84 Å². The zero-order valence-electron chi connectivity index (χ0n) is 8.31. The Morgan fingerprint density at radius 2 is 2.36 bits per heavy atom. The van der Waals surface area contributed by atoms with Crippen LogP contribution < -0.4 is 5.73 Å². The first-order valence-electron chi connectivity index (χ1n) is 4.62. The van der Waals surface area contributed by atoms with Crippen molar-refractivity contribution in [2.24, 2.45) is 5.73 Å². The minimum atomic E-state index is -2.90. The Bertz CT molecular complexity index is 260. The molecule has 6 heteroatoms. The van der Waals surface area contributed by atoms with Gasteiger partial charge in [-0.25, -0.2) is 8.42 Å². The summed E-state index contributed by atoms with van der Waals surface area (Å²) in [4.78, 5) is 0. The van der Waals surface area contributed by atoms with Crippen molar-refractivity contribution in [1.82, 2.24) is 0 Å². The van der Waals surface area contributed by atoms with Crippen LogP contribution in [0.5, 0.6) is 0 Å². The number of thioether (sulfide) groups is 1. The fourth-order valence-corrected chi connectivity index (χ4v) is 2.95. The number of rotatable bonds is 4. The molecule has 0 spiro atoms. The van der Waals surface area contributed by atoms with E-state index >= 15 is 0 Å². The van der Waals surface area contributed by atoms with Crippen molar-refractivity contribution in [1.29, 1.82) is 0 Å². The highest BCUT2D eigenvalue weighted by Crippen LogP contribution is 2.16. The lowest BCUT2D eigenvalue weighted by Gasteiger charge is -2.27. The molecule has 0 aromatic heterocycles. The second-order valence-corrected chi connectivity index (χ2v) is 6.98. The van der Waals surface area contributed by atoms with Gasteiger partial charge in [0.2, 0.25) is 0 Å². The quantitative estimate of drug-likeness (QED) is 0.741. The van der Waals surface area contributed by atoms with Crippen LogP contribution in [0.15, 0.2) is 0 Å². The van der Waals surface area contributed by atoms with Gasteiger partial charge >= 0.3 is 0 Å². The van der Waals surface area contributed by atoms with E-state index in [4.69, 9.17) is 10.5 Å². The summed E-state index contributed by atoms with van der Waals surface area (Å²) in [5.74, 6) is 2.04. The average molecular weight is 239 g/mol. The molecule has 0 amide bonds. The van der Waals surface area contributed by atoms with Gasteiger partial charge in [-0.2, -0.15) is 11.8 Å². The van der Waals surface area contributed by atoms with E-state index in [9.17, 15) is 8.42 Å². The Hall–Kier alpha value is 0.220. The molecule has 0 aliphatic carbocycles. The summed E-state index contributed by atoms with van der Waals surface area (Å²) in [5.41, 5.74) is 5.85. The molecule has 2 N–H and O–H groups in total. The standard InChI is InChI=1S/C8H17NO3S2/c1-14(10,11)5-2-7(9)8-6-13-4-3-12-8/h7-8H,2-6,9H2,1H3. The van der Waals surface area contributed by atoms with Crippen LogP contribution in [-0.4, -0.2) is 50.7 Å². The molecule has 84 valence electrons. The lowest BCUT2D eigenvalue weighted by molar-refractivity contribution is 0.0564. The van der Waals surface area contributed by atoms with Crippen LogP contribution in [0.3, 0.4) is 0 Å². The molecule has 1 rings (SSSR count). The smallest absolute Gasteiger partial charge is 0.147 e. The molecule has 2 atom stereocenters. The molecule has 1 saturated heterocycles. The lowest BCUT2D eigenvalue weighted by Crippen LogP contribution is -2.42. The number of sulfone groups is 1. The molecule has 1 aliphatic rings. The molecule has 0 saturated carbocycles. The normalized spacial score (nSPS) is 26.0. The summed E-state index contributed by atoms with van der Waals surface area (Å²) in [6, 6.07) is -0.155. The van der Waals surface area contributed by atoms with Gasteiger partial charge in [-0.05, 0) is 6.42 Å². The number of ether oxygens (including phenoxy) is 1. The maximum Gasteiger partial charge on any atom is 0.147 e. The van der Waals surface area contributed by atoms with Crippen molar-refractivity contribution in [2.45, 2.75) is 18.6 Å². The van der Waals surface area contributed by atoms with Crippen LogP contribution in [0.2, 0.25) is 0 Å². The molecular weight excluding hydrogens is 222 g/mol. The Labute approximate surface area is 89.5 Å². The zero-order valence-corrected chi connectivity index (χ0v) is 9.94. The number of hydrogen-bond donors (Lipinski definition) is 1. The van der Waals surface area contributed by atoms with Crippen LogP contribution >= 0.6 is 11.8 Å². The van der Waals surface area contributed by atoms with E-state index < -0.39 is 9.84 Å². The monoisotopic (exact) mass is 239 g/mol. The Morgan fingerprint density at radius 3 is 2.86 bits per heavy atom. The second kappa shape index (κ2) is 5.34. The molecule has 2 unspecified atom stereocenters. The number of nitrogens with two attached hydrogens (primary N) is 1. The lowest BCUT2D eigenvalue weighted by atomic mass is 10.1. The van der Waals surface area contributed by atoms with Gasteiger partial charge in [0.25, 0.3) is 0 Å². The maximum absolute atomic E-state index is 10.9. The summed E-state index contributed by atoms with van der Waals surface area (Å²) < 4.78 is 27.3. The predicted molar refractivity (Wildman–Crippen MR) is 59.4 cm³/mol. The maximum atomic E-state index is 10.9. The SMILES string of the molecule is CS(=O)(=O)CCC(N)C1CSCCO1. The predicted octanol–water partition coefficient (Wildman–Crippen LogP) is -0.120. The van der Waals surface area contributed by atoms with Gasteiger partial charge < -0.3 is 10.5 Å². The first-order valence-corrected chi connectivity index (χ1v) is 7.83. The van der Waals surface area contributed by atoms with Gasteiger partial charge in [0, 0.05) is 23.8 Å². The Morgan fingerprint density at radius 1 is 1.64 bits per heavy atom. The molecule has 0 aromatic carbocycles. The summed E-state index contributed by atoms with van der Waals surface area (Å²) in [6.45, 7) is 0.724. The molecular formula is C8H17NO3S2. The van der Waals surface area contributed by atoms with Crippen molar-refractivity contribution < 1.29 is 13.2 Å². The Kier molecular flexibility index (Phi) is 4.69. The van der Waals surface area contributed by atoms with E-state index in [1.165, 1.54) is 6.26 Å². The third-order valence-corrected chi connectivity index (χ3v) is 4.14. The Balaban J connectivity index is 2.30. The molecule has 4 nitrogen and oxygen atoms in total. The van der Waals surface area contributed by atoms with Crippen LogP contribution in [0.25, 0.3) is 0 Å². The van der Waals surface area contributed by atoms with Gasteiger partial charge in [-0.15, -0.1) is 0 Å². The average Bonchev–Trinajstić information content (AvgIpc) is 2.14. The fraction of sp³-hybridized carbons (Fsp3) is 1.00. The van der Waals surface area contributed by atoms with E-state index in [0.29, 0.717) is 6.42 Å². The number of hydrogen-bond acceptors (Lipinski definition) is 5. The van der Waals surface area contributed by atoms with Crippen LogP contribution in [-0.2, 0) is 14.6 Å². The van der Waals surface area contributed by atoms with Gasteiger partial charge in [-0.3, -0.25) is 0 Å². The van der Waals surface area contributed by atoms with Crippen LogP contribution in [0.4, 0.5) is 0 Å². The van der Waals surface area contributed by atoms with Gasteiger partial charge in [-0.1, -0.05) is 0 Å². The first-order chi connectivity index (χ1) is 6.49. The third-order valence-electron chi connectivity index (χ3n) is 2.14. The van der Waals surface area contributed by atoms with Crippen molar-refractivity contribution in [3.8, 4) is 0 Å². The van der Waals surface area contributed by atoms with E-state index in [-0.39, 0.29) is 17.9 Å². The second-order valence-electron chi connectivity index (χ2n) is 3.57. The molecule has 0 aromatic rings. The highest BCUT2D eigenvalue weighted by Gasteiger charge is 2.22. The molecule has 0 bridgehead atoms. The highest BCUT2D eigenvalue weighted by molar-refractivity contribution is 7.99. The van der Waals surface area contributed by atoms with E-state index in [1.807, 2.05) is 11.8 Å². The van der Waals surface area contributed by atoms with E-state index in [2.05, 4.69) is 0 Å². The molecule has 1 fully saturated rings. The third kappa shape index (κ3) is 4.63. The molecule has 0 radical (unpaired) electrons. The highest BCUT2D eigenvalue weighted by atomic mass is 32.2. The molecule has 1 aliphatic heterocycles. The molecule has 1 heterocycles. The van der Waals surface area contributed by atoms with Gasteiger partial charge in [0.15, 0.2) is 0 Å². The summed E-state index contributed by atoms with van der Waals surface area (Å²) in [7, 11) is -2.90. The molecule has 14 heavy (non-hydrogen) atoms. The van der Waals surface area contributed by atoms with E-state index in [0.717, 1.165) is 18.1 Å². The zero-order chi connectivity index (χ0) is 10.6. The van der Waals surface area contributed by atoms with E-state index in [1.54, 1.807) is 0 Å².